The predicted molar refractivity (Wildman–Crippen MR) is 147 cm³/mol. The molecule has 202 valence electrons. The molecule has 0 aliphatic heterocycles. The Bertz CT molecular complexity index is 1270. The summed E-state index contributed by atoms with van der Waals surface area (Å²) in [5, 5.41) is 19.3. The van der Waals surface area contributed by atoms with Gasteiger partial charge in [0.1, 0.15) is 5.82 Å². The maximum atomic E-state index is 6.40. The SMILES string of the molecule is CCCn1nc(C(CCC)(OC(C)C)OC(C)C)nc1Cc1ccc(-c2ccccc2-c2nnn[nH]2)cc1. The Hall–Kier alpha value is -3.43. The molecule has 2 aromatic heterocycles. The zero-order valence-corrected chi connectivity index (χ0v) is 23.3. The summed E-state index contributed by atoms with van der Waals surface area (Å²) >= 11 is 0. The molecule has 1 N–H and O–H groups in total. The van der Waals surface area contributed by atoms with Crippen LogP contribution in [0.25, 0.3) is 22.5 Å². The fraction of sp³-hybridized carbons (Fsp3) is 0.483. The van der Waals surface area contributed by atoms with Crippen molar-refractivity contribution in [2.75, 3.05) is 0 Å². The van der Waals surface area contributed by atoms with Crippen LogP contribution >= 0.6 is 0 Å². The molecule has 0 atom stereocenters. The van der Waals surface area contributed by atoms with Crippen molar-refractivity contribution in [3.63, 3.8) is 0 Å². The van der Waals surface area contributed by atoms with Gasteiger partial charge in [-0.2, -0.15) is 5.10 Å². The molecule has 0 fully saturated rings. The van der Waals surface area contributed by atoms with Gasteiger partial charge in [0, 0.05) is 24.9 Å². The van der Waals surface area contributed by atoms with Gasteiger partial charge in [-0.25, -0.2) is 14.8 Å². The minimum Gasteiger partial charge on any atom is -0.341 e. The Morgan fingerprint density at radius 3 is 2.16 bits per heavy atom. The van der Waals surface area contributed by atoms with Gasteiger partial charge in [0.05, 0.1) is 12.2 Å². The maximum absolute atomic E-state index is 6.40. The molecule has 38 heavy (non-hydrogen) atoms. The van der Waals surface area contributed by atoms with Gasteiger partial charge in [-0.05, 0) is 61.2 Å². The number of nitrogens with one attached hydrogen (secondary N) is 1. The summed E-state index contributed by atoms with van der Waals surface area (Å²) in [6.07, 6.45) is 3.15. The van der Waals surface area contributed by atoms with E-state index in [-0.39, 0.29) is 12.2 Å². The first-order valence-electron chi connectivity index (χ1n) is 13.6. The van der Waals surface area contributed by atoms with Gasteiger partial charge in [-0.3, -0.25) is 0 Å². The normalized spacial score (nSPS) is 12.1. The lowest BCUT2D eigenvalue weighted by molar-refractivity contribution is -0.286. The number of hydrogen-bond acceptors (Lipinski definition) is 7. The van der Waals surface area contributed by atoms with Crippen LogP contribution in [0.15, 0.2) is 48.5 Å². The number of ether oxygens (including phenoxy) is 2. The molecule has 9 heteroatoms. The predicted octanol–water partition coefficient (Wildman–Crippen LogP) is 5.93. The monoisotopic (exact) mass is 517 g/mol. The molecule has 4 rings (SSSR count). The zero-order chi connectivity index (χ0) is 27.1. The van der Waals surface area contributed by atoms with Gasteiger partial charge in [0.15, 0.2) is 5.82 Å². The third kappa shape index (κ3) is 6.34. The van der Waals surface area contributed by atoms with Crippen molar-refractivity contribution < 1.29 is 9.47 Å². The second kappa shape index (κ2) is 12.4. The van der Waals surface area contributed by atoms with Crippen molar-refractivity contribution in [1.29, 1.82) is 0 Å². The van der Waals surface area contributed by atoms with Crippen LogP contribution in [-0.4, -0.2) is 47.6 Å². The van der Waals surface area contributed by atoms with Gasteiger partial charge in [-0.15, -0.1) is 5.10 Å². The molecule has 0 saturated carbocycles. The molecule has 0 spiro atoms. The van der Waals surface area contributed by atoms with Crippen molar-refractivity contribution >= 4 is 0 Å². The number of benzene rings is 2. The van der Waals surface area contributed by atoms with Crippen LogP contribution in [0.5, 0.6) is 0 Å². The van der Waals surface area contributed by atoms with E-state index in [1.165, 1.54) is 0 Å². The second-order valence-corrected chi connectivity index (χ2v) is 10.1. The Labute approximate surface area is 225 Å². The first kappa shape index (κ1) is 27.6. The van der Waals surface area contributed by atoms with Crippen LogP contribution in [0.2, 0.25) is 0 Å². The molecule has 0 amide bonds. The molecular weight excluding hydrogens is 478 g/mol. The Morgan fingerprint density at radius 1 is 0.895 bits per heavy atom. The fourth-order valence-corrected chi connectivity index (χ4v) is 4.71. The van der Waals surface area contributed by atoms with E-state index in [1.54, 1.807) is 0 Å². The topological polar surface area (TPSA) is 104 Å². The van der Waals surface area contributed by atoms with Gasteiger partial charge in [-0.1, -0.05) is 68.8 Å². The summed E-state index contributed by atoms with van der Waals surface area (Å²) in [5.41, 5.74) is 4.27. The molecular formula is C29H39N7O2. The number of H-pyrrole nitrogens is 1. The van der Waals surface area contributed by atoms with Crippen LogP contribution in [0.1, 0.15) is 78.0 Å². The van der Waals surface area contributed by atoms with E-state index < -0.39 is 5.79 Å². The van der Waals surface area contributed by atoms with Crippen molar-refractivity contribution in [2.45, 2.75) is 91.8 Å². The third-order valence-corrected chi connectivity index (χ3v) is 6.11. The quantitative estimate of drug-likeness (QED) is 0.219. The number of nitrogens with zero attached hydrogens (tertiary/aromatic N) is 6. The third-order valence-electron chi connectivity index (χ3n) is 6.11. The number of aryl methyl sites for hydroxylation is 1. The Morgan fingerprint density at radius 2 is 1.58 bits per heavy atom. The summed E-state index contributed by atoms with van der Waals surface area (Å²) < 4.78 is 14.8. The second-order valence-electron chi connectivity index (χ2n) is 10.1. The molecule has 0 aliphatic rings. The molecule has 0 unspecified atom stereocenters. The van der Waals surface area contributed by atoms with E-state index >= 15 is 0 Å². The number of aromatic nitrogens is 7. The summed E-state index contributed by atoms with van der Waals surface area (Å²) in [5.74, 6) is 1.19. The molecule has 9 nitrogen and oxygen atoms in total. The first-order chi connectivity index (χ1) is 18.3. The molecule has 0 saturated heterocycles. The lowest BCUT2D eigenvalue weighted by atomic mass is 9.98. The van der Waals surface area contributed by atoms with E-state index in [2.05, 4.69) is 64.8 Å². The van der Waals surface area contributed by atoms with Crippen LogP contribution in [-0.2, 0) is 28.2 Å². The molecule has 4 aromatic rings. The minimum absolute atomic E-state index is 0.0231. The standard InChI is InChI=1S/C29H39N7O2/c1-7-17-29(37-20(3)4,38-21(5)6)28-30-26(36(33-28)18-8-2)19-22-13-15-23(16-14-22)24-11-9-10-12-25(24)27-31-34-35-32-27/h9-16,20-21H,7-8,17-19H2,1-6H3,(H,31,32,34,35). The van der Waals surface area contributed by atoms with E-state index in [9.17, 15) is 0 Å². The Balaban J connectivity index is 1.64. The highest BCUT2D eigenvalue weighted by molar-refractivity contribution is 5.80. The number of rotatable bonds is 13. The van der Waals surface area contributed by atoms with E-state index in [0.717, 1.165) is 47.5 Å². The van der Waals surface area contributed by atoms with E-state index in [0.29, 0.717) is 24.5 Å². The largest absolute Gasteiger partial charge is 0.341 e. The summed E-state index contributed by atoms with van der Waals surface area (Å²) in [6, 6.07) is 16.6. The van der Waals surface area contributed by atoms with Crippen LogP contribution in [0.4, 0.5) is 0 Å². The van der Waals surface area contributed by atoms with Crippen molar-refractivity contribution in [2.24, 2.45) is 0 Å². The highest BCUT2D eigenvalue weighted by Gasteiger charge is 2.40. The number of tetrazole rings is 1. The lowest BCUT2D eigenvalue weighted by Gasteiger charge is -2.34. The van der Waals surface area contributed by atoms with Crippen LogP contribution in [0.3, 0.4) is 0 Å². The lowest BCUT2D eigenvalue weighted by Crippen LogP contribution is -2.39. The maximum Gasteiger partial charge on any atom is 0.232 e. The zero-order valence-electron chi connectivity index (χ0n) is 23.3. The van der Waals surface area contributed by atoms with Crippen LogP contribution < -0.4 is 0 Å². The number of hydrogen-bond donors (Lipinski definition) is 1. The van der Waals surface area contributed by atoms with E-state index in [1.807, 2.05) is 50.6 Å². The van der Waals surface area contributed by atoms with Gasteiger partial charge in [0.2, 0.25) is 11.6 Å². The number of aromatic amines is 1. The average Bonchev–Trinajstić information content (AvgIpc) is 3.55. The highest BCUT2D eigenvalue weighted by Crippen LogP contribution is 2.34. The summed E-state index contributed by atoms with van der Waals surface area (Å²) in [7, 11) is 0. The Kier molecular flexibility index (Phi) is 9.01. The minimum atomic E-state index is -0.964. The summed E-state index contributed by atoms with van der Waals surface area (Å²) in [6.45, 7) is 13.2. The van der Waals surface area contributed by atoms with E-state index in [4.69, 9.17) is 19.6 Å². The molecule has 0 aliphatic carbocycles. The van der Waals surface area contributed by atoms with Crippen molar-refractivity contribution in [3.05, 3.63) is 65.7 Å². The smallest absolute Gasteiger partial charge is 0.232 e. The highest BCUT2D eigenvalue weighted by atomic mass is 16.7. The van der Waals surface area contributed by atoms with Crippen LogP contribution in [0, 0.1) is 0 Å². The summed E-state index contributed by atoms with van der Waals surface area (Å²) in [4.78, 5) is 5.03. The van der Waals surface area contributed by atoms with Gasteiger partial charge < -0.3 is 9.47 Å². The fourth-order valence-electron chi connectivity index (χ4n) is 4.71. The van der Waals surface area contributed by atoms with Gasteiger partial charge >= 0.3 is 0 Å². The molecule has 2 heterocycles. The average molecular weight is 518 g/mol. The molecule has 0 radical (unpaired) electrons. The van der Waals surface area contributed by atoms with Crippen molar-refractivity contribution in [1.82, 2.24) is 35.4 Å². The van der Waals surface area contributed by atoms with Gasteiger partial charge in [0.25, 0.3) is 0 Å². The first-order valence-corrected chi connectivity index (χ1v) is 13.6. The molecule has 2 aromatic carbocycles. The van der Waals surface area contributed by atoms with Crippen molar-refractivity contribution in [3.8, 4) is 22.5 Å². The molecule has 0 bridgehead atoms.